The van der Waals surface area contributed by atoms with Crippen LogP contribution in [0, 0.1) is 6.92 Å². The van der Waals surface area contributed by atoms with Gasteiger partial charge in [0.15, 0.2) is 0 Å². The number of benzene rings is 1. The molecule has 0 aliphatic carbocycles. The Kier molecular flexibility index (Phi) is 3.66. The number of rotatable bonds is 3. The minimum absolute atomic E-state index is 0.346. The van der Waals surface area contributed by atoms with Gasteiger partial charge >= 0.3 is 0 Å². The molecule has 1 aromatic heterocycles. The molecule has 0 radical (unpaired) electrons. The molecular weight excluding hydrogens is 282 g/mol. The van der Waals surface area contributed by atoms with E-state index in [0.717, 1.165) is 4.47 Å². The third-order valence-electron chi connectivity index (χ3n) is 2.45. The van der Waals surface area contributed by atoms with E-state index in [1.165, 1.54) is 16.1 Å². The van der Waals surface area contributed by atoms with E-state index in [-0.39, 0.29) is 0 Å². The summed E-state index contributed by atoms with van der Waals surface area (Å²) >= 11 is 5.25. The Balaban J connectivity index is 2.07. The lowest BCUT2D eigenvalue weighted by Crippen LogP contribution is -2.04. The second kappa shape index (κ2) is 5.02. The summed E-state index contributed by atoms with van der Waals surface area (Å²) in [5.41, 5.74) is 2.46. The lowest BCUT2D eigenvalue weighted by Gasteiger charge is -2.13. The van der Waals surface area contributed by atoms with Gasteiger partial charge in [0.25, 0.3) is 0 Å². The summed E-state index contributed by atoms with van der Waals surface area (Å²) in [5.74, 6) is 0. The highest BCUT2D eigenvalue weighted by Gasteiger charge is 2.07. The Morgan fingerprint density at radius 1 is 1.25 bits per heavy atom. The van der Waals surface area contributed by atoms with Gasteiger partial charge in [-0.25, -0.2) is 0 Å². The Hall–Kier alpha value is -0.800. The Bertz CT molecular complexity index is 461. The van der Waals surface area contributed by atoms with Crippen molar-refractivity contribution in [2.24, 2.45) is 0 Å². The lowest BCUT2D eigenvalue weighted by molar-refractivity contribution is 0.907. The molecule has 0 bridgehead atoms. The van der Waals surface area contributed by atoms with E-state index in [1.807, 2.05) is 0 Å². The first-order valence-electron chi connectivity index (χ1n) is 5.22. The molecule has 2 aromatic rings. The average molecular weight is 296 g/mol. The number of hydrogen-bond acceptors (Lipinski definition) is 2. The van der Waals surface area contributed by atoms with Crippen molar-refractivity contribution >= 4 is 33.0 Å². The van der Waals surface area contributed by atoms with E-state index in [9.17, 15) is 0 Å². The van der Waals surface area contributed by atoms with Crippen LogP contribution in [0.25, 0.3) is 0 Å². The second-order valence-electron chi connectivity index (χ2n) is 3.90. The number of hydrogen-bond donors (Lipinski definition) is 1. The SMILES string of the molecule is Cc1ccc(NC(C)c2cc(Br)cs2)cc1. The Labute approximate surface area is 109 Å². The maximum absolute atomic E-state index is 3.49. The third-order valence-corrected chi connectivity index (χ3v) is 4.33. The van der Waals surface area contributed by atoms with Gasteiger partial charge in [-0.2, -0.15) is 0 Å². The molecule has 0 spiro atoms. The number of aryl methyl sites for hydroxylation is 1. The van der Waals surface area contributed by atoms with Crippen LogP contribution in [0.1, 0.15) is 23.4 Å². The van der Waals surface area contributed by atoms with Crippen molar-refractivity contribution in [2.75, 3.05) is 5.32 Å². The van der Waals surface area contributed by atoms with Gasteiger partial charge in [-0.05, 0) is 48.0 Å². The highest BCUT2D eigenvalue weighted by atomic mass is 79.9. The normalized spacial score (nSPS) is 12.4. The molecular formula is C13H14BrNS. The topological polar surface area (TPSA) is 12.0 Å². The zero-order chi connectivity index (χ0) is 11.5. The first-order chi connectivity index (χ1) is 7.65. The molecule has 0 amide bonds. The standard InChI is InChI=1S/C13H14BrNS/c1-9-3-5-12(6-4-9)15-10(2)13-7-11(14)8-16-13/h3-8,10,15H,1-2H3. The maximum atomic E-state index is 3.49. The van der Waals surface area contributed by atoms with Crippen molar-refractivity contribution in [3.8, 4) is 0 Å². The zero-order valence-corrected chi connectivity index (χ0v) is 11.7. The fourth-order valence-corrected chi connectivity index (χ4v) is 2.98. The number of thiophene rings is 1. The molecule has 1 nitrogen and oxygen atoms in total. The predicted molar refractivity (Wildman–Crippen MR) is 75.2 cm³/mol. The summed E-state index contributed by atoms with van der Waals surface area (Å²) in [4.78, 5) is 1.34. The zero-order valence-electron chi connectivity index (χ0n) is 9.33. The molecule has 16 heavy (non-hydrogen) atoms. The van der Waals surface area contributed by atoms with Crippen LogP contribution in [0.5, 0.6) is 0 Å². The highest BCUT2D eigenvalue weighted by molar-refractivity contribution is 9.10. The molecule has 0 saturated heterocycles. The van der Waals surface area contributed by atoms with Crippen LogP contribution in [-0.4, -0.2) is 0 Å². The molecule has 2 rings (SSSR count). The molecule has 0 fully saturated rings. The van der Waals surface area contributed by atoms with Gasteiger partial charge < -0.3 is 5.32 Å². The Morgan fingerprint density at radius 3 is 2.50 bits per heavy atom. The van der Waals surface area contributed by atoms with Crippen molar-refractivity contribution in [1.29, 1.82) is 0 Å². The largest absolute Gasteiger partial charge is 0.378 e. The Morgan fingerprint density at radius 2 is 1.94 bits per heavy atom. The van der Waals surface area contributed by atoms with Gasteiger partial charge in [0.2, 0.25) is 0 Å². The van der Waals surface area contributed by atoms with E-state index in [2.05, 4.69) is 70.8 Å². The van der Waals surface area contributed by atoms with Crippen LogP contribution in [-0.2, 0) is 0 Å². The van der Waals surface area contributed by atoms with E-state index in [4.69, 9.17) is 0 Å². The average Bonchev–Trinajstić information content (AvgIpc) is 2.68. The van der Waals surface area contributed by atoms with E-state index in [0.29, 0.717) is 6.04 Å². The number of anilines is 1. The van der Waals surface area contributed by atoms with Gasteiger partial charge in [0, 0.05) is 20.4 Å². The van der Waals surface area contributed by atoms with Crippen molar-refractivity contribution in [3.05, 3.63) is 50.6 Å². The van der Waals surface area contributed by atoms with Crippen LogP contribution in [0.4, 0.5) is 5.69 Å². The molecule has 1 unspecified atom stereocenters. The minimum Gasteiger partial charge on any atom is -0.378 e. The van der Waals surface area contributed by atoms with Crippen LogP contribution in [0.3, 0.4) is 0 Å². The summed E-state index contributed by atoms with van der Waals surface area (Å²) < 4.78 is 1.16. The summed E-state index contributed by atoms with van der Waals surface area (Å²) in [7, 11) is 0. The van der Waals surface area contributed by atoms with Gasteiger partial charge in [-0.15, -0.1) is 11.3 Å². The van der Waals surface area contributed by atoms with Crippen molar-refractivity contribution in [2.45, 2.75) is 19.9 Å². The van der Waals surface area contributed by atoms with E-state index in [1.54, 1.807) is 11.3 Å². The minimum atomic E-state index is 0.346. The molecule has 0 aliphatic rings. The van der Waals surface area contributed by atoms with Crippen LogP contribution in [0.15, 0.2) is 40.2 Å². The number of halogens is 1. The smallest absolute Gasteiger partial charge is 0.0578 e. The summed E-state index contributed by atoms with van der Waals surface area (Å²) in [6.45, 7) is 4.28. The summed E-state index contributed by atoms with van der Waals surface area (Å²) in [5, 5.41) is 5.60. The molecule has 0 saturated carbocycles. The van der Waals surface area contributed by atoms with Crippen molar-refractivity contribution < 1.29 is 0 Å². The number of nitrogens with one attached hydrogen (secondary N) is 1. The van der Waals surface area contributed by atoms with Crippen molar-refractivity contribution in [3.63, 3.8) is 0 Å². The lowest BCUT2D eigenvalue weighted by atomic mass is 10.2. The van der Waals surface area contributed by atoms with Crippen LogP contribution >= 0.6 is 27.3 Å². The van der Waals surface area contributed by atoms with Gasteiger partial charge in [-0.3, -0.25) is 0 Å². The molecule has 0 aliphatic heterocycles. The van der Waals surface area contributed by atoms with Crippen LogP contribution < -0.4 is 5.32 Å². The first kappa shape index (κ1) is 11.7. The predicted octanol–water partition coefficient (Wildman–Crippen LogP) is 4.99. The second-order valence-corrected chi connectivity index (χ2v) is 5.76. The van der Waals surface area contributed by atoms with Gasteiger partial charge in [-0.1, -0.05) is 17.7 Å². The van der Waals surface area contributed by atoms with Crippen molar-refractivity contribution in [1.82, 2.24) is 0 Å². The molecule has 1 heterocycles. The van der Waals surface area contributed by atoms with Gasteiger partial charge in [0.05, 0.1) is 6.04 Å². The molecule has 1 N–H and O–H groups in total. The maximum Gasteiger partial charge on any atom is 0.0578 e. The molecule has 3 heteroatoms. The molecule has 84 valence electrons. The monoisotopic (exact) mass is 295 g/mol. The fourth-order valence-electron chi connectivity index (χ4n) is 1.53. The molecule has 1 atom stereocenters. The fraction of sp³-hybridized carbons (Fsp3) is 0.231. The third kappa shape index (κ3) is 2.86. The van der Waals surface area contributed by atoms with E-state index < -0.39 is 0 Å². The van der Waals surface area contributed by atoms with Gasteiger partial charge in [0.1, 0.15) is 0 Å². The summed E-state index contributed by atoms with van der Waals surface area (Å²) in [6, 6.07) is 11.0. The first-order valence-corrected chi connectivity index (χ1v) is 6.89. The highest BCUT2D eigenvalue weighted by Crippen LogP contribution is 2.27. The quantitative estimate of drug-likeness (QED) is 0.841. The van der Waals surface area contributed by atoms with E-state index >= 15 is 0 Å². The summed E-state index contributed by atoms with van der Waals surface area (Å²) in [6.07, 6.45) is 0. The van der Waals surface area contributed by atoms with Crippen LogP contribution in [0.2, 0.25) is 0 Å². The molecule has 1 aromatic carbocycles.